The molecule has 0 saturated carbocycles. The number of hydrogen-bond acceptors (Lipinski definition) is 6. The first-order chi connectivity index (χ1) is 19.9. The maximum Gasteiger partial charge on any atom is 0.419 e. The van der Waals surface area contributed by atoms with Gasteiger partial charge in [-0.05, 0) is 102 Å². The summed E-state index contributed by atoms with van der Waals surface area (Å²) in [6.07, 6.45) is 5.68. The van der Waals surface area contributed by atoms with Crippen molar-refractivity contribution in [3.8, 4) is 0 Å². The fraction of sp³-hybridized carbons (Fsp3) is 0.441. The molecule has 4 aromatic rings. The lowest BCUT2D eigenvalue weighted by Crippen LogP contribution is -2.37. The molecule has 0 radical (unpaired) electrons. The van der Waals surface area contributed by atoms with E-state index in [4.69, 9.17) is 9.47 Å². The number of nitrogens with zero attached hydrogens (tertiary/aromatic N) is 4. The van der Waals surface area contributed by atoms with Crippen LogP contribution in [0.25, 0.3) is 10.9 Å². The molecule has 8 heteroatoms. The summed E-state index contributed by atoms with van der Waals surface area (Å²) in [6, 6.07) is 16.3. The zero-order valence-electron chi connectivity index (χ0n) is 25.8. The number of piperidine rings is 1. The number of methoxy groups -OCH3 is 1. The molecule has 1 aliphatic heterocycles. The lowest BCUT2D eigenvalue weighted by molar-refractivity contribution is 0.0528. The Hall–Kier alpha value is -3.91. The van der Waals surface area contributed by atoms with Crippen molar-refractivity contribution in [2.75, 3.05) is 13.7 Å². The smallest absolute Gasteiger partial charge is 0.419 e. The average Bonchev–Trinajstić information content (AvgIpc) is 3.58. The Bertz CT molecular complexity index is 1580. The van der Waals surface area contributed by atoms with E-state index >= 15 is 0 Å². The molecule has 1 saturated heterocycles. The van der Waals surface area contributed by atoms with Crippen LogP contribution in [0, 0.1) is 6.92 Å². The monoisotopic (exact) mass is 570 g/mol. The van der Waals surface area contributed by atoms with E-state index in [1.807, 2.05) is 81.0 Å². The number of esters is 1. The van der Waals surface area contributed by atoms with Crippen LogP contribution in [-0.4, -0.2) is 50.6 Å². The average molecular weight is 571 g/mol. The summed E-state index contributed by atoms with van der Waals surface area (Å²) in [5.41, 5.74) is 5.10. The van der Waals surface area contributed by atoms with Crippen LogP contribution in [-0.2, 0) is 16.0 Å². The van der Waals surface area contributed by atoms with E-state index < -0.39 is 5.60 Å². The number of benzene rings is 2. The summed E-state index contributed by atoms with van der Waals surface area (Å²) in [6.45, 7) is 13.4. The normalized spacial score (nSPS) is 18.0. The molecular formula is C34H42N4O4. The van der Waals surface area contributed by atoms with Gasteiger partial charge in [-0.25, -0.2) is 14.2 Å². The number of para-hydroxylation sites is 1. The van der Waals surface area contributed by atoms with Crippen LogP contribution in [0.3, 0.4) is 0 Å². The van der Waals surface area contributed by atoms with Crippen LogP contribution in [0.15, 0.2) is 60.9 Å². The third-order valence-corrected chi connectivity index (χ3v) is 8.09. The predicted molar refractivity (Wildman–Crippen MR) is 164 cm³/mol. The SMILES string of the molecule is COC(=O)c1ccc(C2CC(c3cnn(C(C)C)c3)CCN2Cc2cc3cccc(C)c3n2C(=O)OC(C)(C)C)cc1. The van der Waals surface area contributed by atoms with Gasteiger partial charge in [0.25, 0.3) is 0 Å². The quantitative estimate of drug-likeness (QED) is 0.225. The summed E-state index contributed by atoms with van der Waals surface area (Å²) in [5.74, 6) is -0.00346. The van der Waals surface area contributed by atoms with Gasteiger partial charge in [0.1, 0.15) is 5.60 Å². The van der Waals surface area contributed by atoms with Crippen LogP contribution in [0.1, 0.15) is 98.2 Å². The van der Waals surface area contributed by atoms with Gasteiger partial charge in [-0.1, -0.05) is 30.3 Å². The Morgan fingerprint density at radius 1 is 1.07 bits per heavy atom. The van der Waals surface area contributed by atoms with Crippen molar-refractivity contribution < 1.29 is 19.1 Å². The number of aromatic nitrogens is 3. The van der Waals surface area contributed by atoms with E-state index in [0.29, 0.717) is 24.1 Å². The number of carbonyl (C=O) groups excluding carboxylic acids is 2. The van der Waals surface area contributed by atoms with E-state index in [1.165, 1.54) is 12.7 Å². The third kappa shape index (κ3) is 6.14. The van der Waals surface area contributed by atoms with Gasteiger partial charge >= 0.3 is 12.1 Å². The topological polar surface area (TPSA) is 78.6 Å². The van der Waals surface area contributed by atoms with E-state index in [2.05, 4.69) is 36.1 Å². The number of ether oxygens (including phenoxy) is 2. The highest BCUT2D eigenvalue weighted by Gasteiger charge is 2.33. The first-order valence-electron chi connectivity index (χ1n) is 14.7. The predicted octanol–water partition coefficient (Wildman–Crippen LogP) is 7.42. The Balaban J connectivity index is 1.52. The fourth-order valence-corrected chi connectivity index (χ4v) is 5.99. The van der Waals surface area contributed by atoms with Crippen molar-refractivity contribution in [1.29, 1.82) is 0 Å². The molecule has 1 fully saturated rings. The lowest BCUT2D eigenvalue weighted by Gasteiger charge is -2.40. The highest BCUT2D eigenvalue weighted by Crippen LogP contribution is 2.41. The van der Waals surface area contributed by atoms with Crippen LogP contribution in [0.2, 0.25) is 0 Å². The van der Waals surface area contributed by atoms with Crippen LogP contribution >= 0.6 is 0 Å². The zero-order chi connectivity index (χ0) is 30.2. The molecule has 2 aromatic carbocycles. The highest BCUT2D eigenvalue weighted by atomic mass is 16.6. The summed E-state index contributed by atoms with van der Waals surface area (Å²) in [4.78, 5) is 28.2. The molecule has 2 atom stereocenters. The molecule has 222 valence electrons. The van der Waals surface area contributed by atoms with Crippen LogP contribution in [0.4, 0.5) is 4.79 Å². The number of hydrogen-bond donors (Lipinski definition) is 0. The number of carbonyl (C=O) groups is 2. The van der Waals surface area contributed by atoms with Gasteiger partial charge in [-0.2, -0.15) is 5.10 Å². The second kappa shape index (κ2) is 11.8. The molecule has 0 N–H and O–H groups in total. The van der Waals surface area contributed by atoms with Gasteiger partial charge in [-0.15, -0.1) is 0 Å². The molecule has 8 nitrogen and oxygen atoms in total. The van der Waals surface area contributed by atoms with Gasteiger partial charge in [0.2, 0.25) is 0 Å². The van der Waals surface area contributed by atoms with Crippen molar-refractivity contribution in [3.63, 3.8) is 0 Å². The minimum Gasteiger partial charge on any atom is -0.465 e. The van der Waals surface area contributed by atoms with E-state index in [0.717, 1.165) is 47.1 Å². The van der Waals surface area contributed by atoms with Gasteiger partial charge < -0.3 is 9.47 Å². The maximum absolute atomic E-state index is 13.6. The van der Waals surface area contributed by atoms with Gasteiger partial charge in [-0.3, -0.25) is 9.58 Å². The summed E-state index contributed by atoms with van der Waals surface area (Å²) < 4.78 is 14.6. The Morgan fingerprint density at radius 2 is 1.81 bits per heavy atom. The molecule has 5 rings (SSSR count). The minimum absolute atomic E-state index is 0.0732. The van der Waals surface area contributed by atoms with Gasteiger partial charge in [0.15, 0.2) is 0 Å². The Labute approximate surface area is 248 Å². The summed E-state index contributed by atoms with van der Waals surface area (Å²) in [5, 5.41) is 5.62. The van der Waals surface area contributed by atoms with E-state index in [-0.39, 0.29) is 18.1 Å². The first kappa shape index (κ1) is 29.6. The fourth-order valence-electron chi connectivity index (χ4n) is 5.99. The largest absolute Gasteiger partial charge is 0.465 e. The number of fused-ring (bicyclic) bond motifs is 1. The maximum atomic E-state index is 13.6. The molecule has 42 heavy (non-hydrogen) atoms. The minimum atomic E-state index is -0.615. The Kier molecular flexibility index (Phi) is 8.28. The van der Waals surface area contributed by atoms with Crippen molar-refractivity contribution >= 4 is 23.0 Å². The van der Waals surface area contributed by atoms with Crippen molar-refractivity contribution in [2.45, 2.75) is 84.5 Å². The molecule has 0 aliphatic carbocycles. The molecule has 0 bridgehead atoms. The molecule has 0 amide bonds. The lowest BCUT2D eigenvalue weighted by atomic mass is 9.83. The van der Waals surface area contributed by atoms with Crippen LogP contribution in [0.5, 0.6) is 0 Å². The van der Waals surface area contributed by atoms with Crippen LogP contribution < -0.4 is 0 Å². The van der Waals surface area contributed by atoms with E-state index in [9.17, 15) is 9.59 Å². The van der Waals surface area contributed by atoms with Gasteiger partial charge in [0.05, 0.1) is 24.4 Å². The molecule has 2 aromatic heterocycles. The second-order valence-electron chi connectivity index (χ2n) is 12.6. The highest BCUT2D eigenvalue weighted by molar-refractivity contribution is 5.93. The van der Waals surface area contributed by atoms with Crippen molar-refractivity contribution in [2.24, 2.45) is 0 Å². The zero-order valence-corrected chi connectivity index (χ0v) is 25.8. The van der Waals surface area contributed by atoms with Crippen molar-refractivity contribution in [1.82, 2.24) is 19.2 Å². The molecular weight excluding hydrogens is 528 g/mol. The summed E-state index contributed by atoms with van der Waals surface area (Å²) in [7, 11) is 1.40. The molecule has 3 heterocycles. The van der Waals surface area contributed by atoms with Gasteiger partial charge in [0, 0.05) is 35.9 Å². The second-order valence-corrected chi connectivity index (χ2v) is 12.6. The summed E-state index contributed by atoms with van der Waals surface area (Å²) >= 11 is 0. The van der Waals surface area contributed by atoms with E-state index in [1.54, 1.807) is 4.57 Å². The van der Waals surface area contributed by atoms with Crippen molar-refractivity contribution in [3.05, 3.63) is 88.9 Å². The molecule has 2 unspecified atom stereocenters. The molecule has 1 aliphatic rings. The standard InChI is InChI=1S/C34H42N4O4/c1-22(2)37-20-28(19-35-37)26-15-16-36(30(18-26)24-11-13-25(14-12-24)32(39)41-7)21-29-17-27-10-8-9-23(3)31(27)38(29)33(40)42-34(4,5)6/h8-14,17,19-20,22,26,30H,15-16,18,21H2,1-7H3. The number of rotatable bonds is 6. The molecule has 0 spiro atoms. The number of likely N-dealkylation sites (tertiary alicyclic amines) is 1. The number of aryl methyl sites for hydroxylation is 1. The third-order valence-electron chi connectivity index (χ3n) is 8.09. The Morgan fingerprint density at radius 3 is 2.45 bits per heavy atom. The first-order valence-corrected chi connectivity index (χ1v) is 14.7.